The summed E-state index contributed by atoms with van der Waals surface area (Å²) >= 11 is 0. The SMILES string of the molecule is CN(CC(=O)N1CCN(S(=O)(=O)c2ccc(F)cc2F)CC1)c1ccccc1. The monoisotopic (exact) mass is 409 g/mol. The maximum atomic E-state index is 13.9. The number of para-hydroxylation sites is 1. The van der Waals surface area contributed by atoms with Crippen molar-refractivity contribution < 1.29 is 22.0 Å². The topological polar surface area (TPSA) is 60.9 Å². The first kappa shape index (κ1) is 20.2. The Bertz CT molecular complexity index is 946. The summed E-state index contributed by atoms with van der Waals surface area (Å²) in [6, 6.07) is 11.8. The third-order valence-electron chi connectivity index (χ3n) is 4.67. The standard InChI is InChI=1S/C19H21F2N3O3S/c1-22(16-5-3-2-4-6-16)14-19(25)23-9-11-24(12-10-23)28(26,27)18-8-7-15(20)13-17(18)21/h2-8,13H,9-12,14H2,1H3. The van der Waals surface area contributed by atoms with Crippen molar-refractivity contribution in [1.82, 2.24) is 9.21 Å². The van der Waals surface area contributed by atoms with Gasteiger partial charge in [0.15, 0.2) is 0 Å². The molecule has 150 valence electrons. The molecule has 0 aromatic heterocycles. The molecule has 1 amide bonds. The average Bonchev–Trinajstić information content (AvgIpc) is 2.68. The highest BCUT2D eigenvalue weighted by Crippen LogP contribution is 2.21. The summed E-state index contributed by atoms with van der Waals surface area (Å²) in [4.78, 5) is 15.4. The van der Waals surface area contributed by atoms with Crippen LogP contribution in [0.4, 0.5) is 14.5 Å². The van der Waals surface area contributed by atoms with Gasteiger partial charge in [0.2, 0.25) is 15.9 Å². The minimum absolute atomic E-state index is 0.0555. The minimum Gasteiger partial charge on any atom is -0.365 e. The first-order valence-electron chi connectivity index (χ1n) is 8.78. The summed E-state index contributed by atoms with van der Waals surface area (Å²) in [7, 11) is -2.27. The number of halogens is 2. The van der Waals surface area contributed by atoms with E-state index in [0.717, 1.165) is 22.1 Å². The molecule has 1 aliphatic rings. The van der Waals surface area contributed by atoms with E-state index in [9.17, 15) is 22.0 Å². The van der Waals surface area contributed by atoms with Gasteiger partial charge in [0.1, 0.15) is 16.5 Å². The Hall–Kier alpha value is -2.52. The second-order valence-electron chi connectivity index (χ2n) is 6.55. The van der Waals surface area contributed by atoms with Gasteiger partial charge in [0, 0.05) is 45.0 Å². The first-order valence-corrected chi connectivity index (χ1v) is 10.2. The Morgan fingerprint density at radius 3 is 2.29 bits per heavy atom. The van der Waals surface area contributed by atoms with Crippen LogP contribution in [-0.2, 0) is 14.8 Å². The Morgan fingerprint density at radius 2 is 1.68 bits per heavy atom. The van der Waals surface area contributed by atoms with Gasteiger partial charge >= 0.3 is 0 Å². The van der Waals surface area contributed by atoms with Crippen molar-refractivity contribution in [2.75, 3.05) is 44.7 Å². The first-order chi connectivity index (χ1) is 13.3. The van der Waals surface area contributed by atoms with E-state index in [-0.39, 0.29) is 38.6 Å². The molecule has 6 nitrogen and oxygen atoms in total. The summed E-state index contributed by atoms with van der Waals surface area (Å²) in [5.74, 6) is -2.08. The fourth-order valence-electron chi connectivity index (χ4n) is 3.08. The molecule has 2 aromatic rings. The minimum atomic E-state index is -4.08. The molecular formula is C19H21F2N3O3S. The van der Waals surface area contributed by atoms with Crippen molar-refractivity contribution in [3.05, 3.63) is 60.2 Å². The molecule has 0 atom stereocenters. The number of rotatable bonds is 5. The van der Waals surface area contributed by atoms with Crippen molar-refractivity contribution in [3.63, 3.8) is 0 Å². The van der Waals surface area contributed by atoms with Crippen LogP contribution in [0.15, 0.2) is 53.4 Å². The van der Waals surface area contributed by atoms with Crippen LogP contribution in [0, 0.1) is 11.6 Å². The zero-order chi connectivity index (χ0) is 20.3. The molecule has 1 aliphatic heterocycles. The van der Waals surface area contributed by atoms with Crippen LogP contribution in [0.5, 0.6) is 0 Å². The predicted molar refractivity (Wildman–Crippen MR) is 101 cm³/mol. The van der Waals surface area contributed by atoms with Crippen molar-refractivity contribution in [3.8, 4) is 0 Å². The quantitative estimate of drug-likeness (QED) is 0.757. The molecule has 1 heterocycles. The van der Waals surface area contributed by atoms with Crippen molar-refractivity contribution in [1.29, 1.82) is 0 Å². The second-order valence-corrected chi connectivity index (χ2v) is 8.46. The predicted octanol–water partition coefficient (Wildman–Crippen LogP) is 1.93. The number of anilines is 1. The average molecular weight is 409 g/mol. The highest BCUT2D eigenvalue weighted by molar-refractivity contribution is 7.89. The lowest BCUT2D eigenvalue weighted by Crippen LogP contribution is -2.52. The van der Waals surface area contributed by atoms with Gasteiger partial charge in [0.05, 0.1) is 6.54 Å². The number of carbonyl (C=O) groups excluding carboxylic acids is 1. The van der Waals surface area contributed by atoms with E-state index in [2.05, 4.69) is 0 Å². The van der Waals surface area contributed by atoms with Crippen LogP contribution in [0.1, 0.15) is 0 Å². The summed E-state index contributed by atoms with van der Waals surface area (Å²) in [6.45, 7) is 0.705. The molecule has 0 aliphatic carbocycles. The Morgan fingerprint density at radius 1 is 1.04 bits per heavy atom. The number of piperazine rings is 1. The fourth-order valence-corrected chi connectivity index (χ4v) is 4.55. The second kappa shape index (κ2) is 8.24. The van der Waals surface area contributed by atoms with E-state index in [4.69, 9.17) is 0 Å². The molecule has 28 heavy (non-hydrogen) atoms. The third kappa shape index (κ3) is 4.31. The normalized spacial score (nSPS) is 15.5. The smallest absolute Gasteiger partial charge is 0.246 e. The van der Waals surface area contributed by atoms with Crippen LogP contribution < -0.4 is 4.90 Å². The number of sulfonamides is 1. The van der Waals surface area contributed by atoms with Gasteiger partial charge in [-0.25, -0.2) is 17.2 Å². The maximum Gasteiger partial charge on any atom is 0.246 e. The molecule has 0 bridgehead atoms. The molecule has 0 spiro atoms. The number of nitrogens with zero attached hydrogens (tertiary/aromatic N) is 3. The van der Waals surface area contributed by atoms with Crippen LogP contribution in [-0.4, -0.2) is 63.3 Å². The zero-order valence-electron chi connectivity index (χ0n) is 15.4. The lowest BCUT2D eigenvalue weighted by atomic mass is 10.3. The van der Waals surface area contributed by atoms with Gasteiger partial charge in [-0.15, -0.1) is 0 Å². The van der Waals surface area contributed by atoms with Gasteiger partial charge in [-0.1, -0.05) is 18.2 Å². The number of benzene rings is 2. The molecule has 0 saturated carbocycles. The highest BCUT2D eigenvalue weighted by atomic mass is 32.2. The molecule has 0 unspecified atom stereocenters. The maximum absolute atomic E-state index is 13.9. The number of amides is 1. The molecule has 0 N–H and O–H groups in total. The molecule has 1 saturated heterocycles. The van der Waals surface area contributed by atoms with Gasteiger partial charge in [0.25, 0.3) is 0 Å². The van der Waals surface area contributed by atoms with Crippen LogP contribution in [0.25, 0.3) is 0 Å². The lowest BCUT2D eigenvalue weighted by Gasteiger charge is -2.35. The molecular weight excluding hydrogens is 388 g/mol. The van der Waals surface area contributed by atoms with E-state index >= 15 is 0 Å². The van der Waals surface area contributed by atoms with E-state index in [1.165, 1.54) is 0 Å². The molecule has 3 rings (SSSR count). The summed E-state index contributed by atoms with van der Waals surface area (Å²) in [6.07, 6.45) is 0. The van der Waals surface area contributed by atoms with Crippen molar-refractivity contribution >= 4 is 21.6 Å². The van der Waals surface area contributed by atoms with Crippen molar-refractivity contribution in [2.45, 2.75) is 4.90 Å². The Kier molecular flexibility index (Phi) is 5.95. The van der Waals surface area contributed by atoms with Gasteiger partial charge in [-0.05, 0) is 24.3 Å². The Labute approximate surface area is 163 Å². The van der Waals surface area contributed by atoms with E-state index in [1.807, 2.05) is 42.3 Å². The number of likely N-dealkylation sites (N-methyl/N-ethyl adjacent to an activating group) is 1. The number of hydrogen-bond acceptors (Lipinski definition) is 4. The van der Waals surface area contributed by atoms with Crippen LogP contribution in [0.3, 0.4) is 0 Å². The fraction of sp³-hybridized carbons (Fsp3) is 0.316. The largest absolute Gasteiger partial charge is 0.365 e. The molecule has 0 radical (unpaired) electrons. The number of hydrogen-bond donors (Lipinski definition) is 0. The Balaban J connectivity index is 1.61. The van der Waals surface area contributed by atoms with E-state index < -0.39 is 26.6 Å². The van der Waals surface area contributed by atoms with Gasteiger partial charge in [-0.2, -0.15) is 4.31 Å². The molecule has 2 aromatic carbocycles. The lowest BCUT2D eigenvalue weighted by molar-refractivity contribution is -0.130. The van der Waals surface area contributed by atoms with Crippen LogP contribution >= 0.6 is 0 Å². The van der Waals surface area contributed by atoms with Crippen LogP contribution in [0.2, 0.25) is 0 Å². The van der Waals surface area contributed by atoms with Crippen molar-refractivity contribution in [2.24, 2.45) is 0 Å². The molecule has 1 fully saturated rings. The third-order valence-corrected chi connectivity index (χ3v) is 6.60. The summed E-state index contributed by atoms with van der Waals surface area (Å²) in [5.41, 5.74) is 0.906. The van der Waals surface area contributed by atoms with Gasteiger partial charge in [-0.3, -0.25) is 4.79 Å². The van der Waals surface area contributed by atoms with E-state index in [1.54, 1.807) is 4.90 Å². The van der Waals surface area contributed by atoms with E-state index in [0.29, 0.717) is 6.07 Å². The molecule has 9 heteroatoms. The zero-order valence-corrected chi connectivity index (χ0v) is 16.2. The van der Waals surface area contributed by atoms with Gasteiger partial charge < -0.3 is 9.80 Å². The summed E-state index contributed by atoms with van der Waals surface area (Å²) < 4.78 is 53.3. The highest BCUT2D eigenvalue weighted by Gasteiger charge is 2.32. The number of carbonyl (C=O) groups is 1. The summed E-state index contributed by atoms with van der Waals surface area (Å²) in [5, 5.41) is 0.